The molecule has 1 aromatic heterocycles. The van der Waals surface area contributed by atoms with Gasteiger partial charge in [0.05, 0.1) is 24.3 Å². The van der Waals surface area contributed by atoms with E-state index >= 15 is 0 Å². The number of morpholine rings is 1. The molecule has 1 fully saturated rings. The second-order valence-electron chi connectivity index (χ2n) is 10.5. The number of hydrogen-bond donors (Lipinski definition) is 1. The second-order valence-corrected chi connectivity index (χ2v) is 10.5. The third-order valence-electron chi connectivity index (χ3n) is 7.32. The fourth-order valence-corrected chi connectivity index (χ4v) is 5.01. The van der Waals surface area contributed by atoms with Crippen molar-refractivity contribution in [2.75, 3.05) is 26.3 Å². The lowest BCUT2D eigenvalue weighted by atomic mass is 9.91. The van der Waals surface area contributed by atoms with Gasteiger partial charge in [0.2, 0.25) is 5.78 Å². The first-order valence-electron chi connectivity index (χ1n) is 13.7. The first kappa shape index (κ1) is 29.8. The Balaban J connectivity index is 1.63. The predicted molar refractivity (Wildman–Crippen MR) is 154 cm³/mol. The number of carbonyl (C=O) groups is 4. The summed E-state index contributed by atoms with van der Waals surface area (Å²) in [5.74, 6) is -1.96. The molecule has 2 heterocycles. The maximum atomic E-state index is 13.6. The highest BCUT2D eigenvalue weighted by Gasteiger charge is 2.36. The van der Waals surface area contributed by atoms with Crippen molar-refractivity contribution in [3.8, 4) is 5.69 Å². The summed E-state index contributed by atoms with van der Waals surface area (Å²) in [6.45, 7) is 7.67. The number of hydrogen-bond acceptors (Lipinski definition) is 8. The molecule has 1 saturated heterocycles. The zero-order chi connectivity index (χ0) is 29.6. The van der Waals surface area contributed by atoms with Crippen molar-refractivity contribution in [2.45, 2.75) is 52.0 Å². The topological polar surface area (TPSA) is 128 Å². The maximum Gasteiger partial charge on any atom is 0.331 e. The number of aromatic nitrogens is 1. The summed E-state index contributed by atoms with van der Waals surface area (Å²) in [6, 6.07) is 14.7. The summed E-state index contributed by atoms with van der Waals surface area (Å²) >= 11 is 0. The molecule has 216 valence electrons. The monoisotopic (exact) mass is 561 g/mol. The summed E-state index contributed by atoms with van der Waals surface area (Å²) in [5.41, 5.74) is 1.88. The molecule has 4 rings (SSSR count). The summed E-state index contributed by atoms with van der Waals surface area (Å²) in [7, 11) is 0. The smallest absolute Gasteiger partial charge is 0.331 e. The highest BCUT2D eigenvalue weighted by molar-refractivity contribution is 6.47. The standard InChI is InChI=1S/C31H35N3O7/c1-21(35)41-32-26(9-5-7-11-28(36)37)29(38)25-20-34(27-10-6-4-8-24(25)27)23-14-12-22(13-15-23)30(39)31(2,3)33-16-18-40-19-17-33/h4,6,8,10,12-15,20H,5,7,9,11,16-19H2,1-3H3,(H,36,37)/b32-26+. The van der Waals surface area contributed by atoms with Crippen LogP contribution < -0.4 is 0 Å². The van der Waals surface area contributed by atoms with Gasteiger partial charge in [0.15, 0.2) is 5.78 Å². The molecule has 0 radical (unpaired) electrons. The molecule has 1 aliphatic heterocycles. The van der Waals surface area contributed by atoms with Crippen LogP contribution in [0.2, 0.25) is 0 Å². The minimum Gasteiger partial charge on any atom is -0.481 e. The Morgan fingerprint density at radius 1 is 0.976 bits per heavy atom. The predicted octanol–water partition coefficient (Wildman–Crippen LogP) is 4.67. The number of ether oxygens (including phenoxy) is 1. The van der Waals surface area contributed by atoms with Crippen LogP contribution in [0.5, 0.6) is 0 Å². The van der Waals surface area contributed by atoms with Crippen LogP contribution in [0.3, 0.4) is 0 Å². The molecule has 0 amide bonds. The van der Waals surface area contributed by atoms with Gasteiger partial charge >= 0.3 is 11.9 Å². The second kappa shape index (κ2) is 13.0. The van der Waals surface area contributed by atoms with Crippen LogP contribution >= 0.6 is 0 Å². The zero-order valence-electron chi connectivity index (χ0n) is 23.6. The number of nitrogens with zero attached hydrogens (tertiary/aromatic N) is 3. The van der Waals surface area contributed by atoms with Gasteiger partial charge in [0.25, 0.3) is 0 Å². The first-order valence-corrected chi connectivity index (χ1v) is 13.7. The third kappa shape index (κ3) is 6.96. The number of rotatable bonds is 12. The number of carbonyl (C=O) groups excluding carboxylic acids is 3. The molecule has 2 aromatic carbocycles. The summed E-state index contributed by atoms with van der Waals surface area (Å²) < 4.78 is 7.31. The van der Waals surface area contributed by atoms with Crippen molar-refractivity contribution in [2.24, 2.45) is 5.16 Å². The van der Waals surface area contributed by atoms with Crippen molar-refractivity contribution in [3.63, 3.8) is 0 Å². The Morgan fingerprint density at radius 3 is 2.29 bits per heavy atom. The highest BCUT2D eigenvalue weighted by Crippen LogP contribution is 2.28. The summed E-state index contributed by atoms with van der Waals surface area (Å²) in [4.78, 5) is 56.3. The number of carboxylic acid groups (broad SMARTS) is 1. The van der Waals surface area contributed by atoms with Crippen molar-refractivity contribution >= 4 is 40.1 Å². The van der Waals surface area contributed by atoms with Gasteiger partial charge in [-0.2, -0.15) is 0 Å². The number of aliphatic carboxylic acids is 1. The summed E-state index contributed by atoms with van der Waals surface area (Å²) in [5, 5.41) is 13.4. The van der Waals surface area contributed by atoms with Crippen LogP contribution in [0, 0.1) is 0 Å². The quantitative estimate of drug-likeness (QED) is 0.111. The molecule has 0 aliphatic carbocycles. The molecular formula is C31H35N3O7. The molecular weight excluding hydrogens is 526 g/mol. The van der Waals surface area contributed by atoms with E-state index in [0.29, 0.717) is 55.7 Å². The number of Topliss-reactive ketones (excluding diaryl/α,β-unsaturated/α-hetero) is 2. The molecule has 10 heteroatoms. The molecule has 10 nitrogen and oxygen atoms in total. The van der Waals surface area contributed by atoms with E-state index in [1.54, 1.807) is 18.3 Å². The molecule has 1 aliphatic rings. The average molecular weight is 562 g/mol. The van der Waals surface area contributed by atoms with Crippen LogP contribution in [0.1, 0.15) is 67.2 Å². The molecule has 0 spiro atoms. The van der Waals surface area contributed by atoms with E-state index in [1.807, 2.05) is 54.8 Å². The summed E-state index contributed by atoms with van der Waals surface area (Å²) in [6.07, 6.45) is 2.59. The van der Waals surface area contributed by atoms with Gasteiger partial charge in [-0.25, -0.2) is 4.79 Å². The van der Waals surface area contributed by atoms with Crippen LogP contribution in [0.4, 0.5) is 0 Å². The van der Waals surface area contributed by atoms with Gasteiger partial charge in [-0.05, 0) is 63.4 Å². The molecule has 3 aromatic rings. The Kier molecular flexibility index (Phi) is 9.46. The van der Waals surface area contributed by atoms with E-state index in [0.717, 1.165) is 11.2 Å². The minimum absolute atomic E-state index is 0.0217. The van der Waals surface area contributed by atoms with Crippen molar-refractivity contribution in [3.05, 3.63) is 65.9 Å². The molecule has 0 unspecified atom stereocenters. The van der Waals surface area contributed by atoms with E-state index < -0.39 is 23.3 Å². The average Bonchev–Trinajstić information content (AvgIpc) is 3.36. The normalized spacial score (nSPS) is 14.7. The van der Waals surface area contributed by atoms with Gasteiger partial charge in [0, 0.05) is 54.8 Å². The Labute approximate surface area is 238 Å². The molecule has 0 saturated carbocycles. The van der Waals surface area contributed by atoms with Crippen LogP contribution in [-0.4, -0.2) is 75.6 Å². The van der Waals surface area contributed by atoms with Crippen molar-refractivity contribution in [1.82, 2.24) is 9.47 Å². The third-order valence-corrected chi connectivity index (χ3v) is 7.32. The van der Waals surface area contributed by atoms with Gasteiger partial charge in [-0.1, -0.05) is 23.4 Å². The van der Waals surface area contributed by atoms with E-state index in [4.69, 9.17) is 14.7 Å². The van der Waals surface area contributed by atoms with Crippen LogP contribution in [-0.2, 0) is 19.2 Å². The lowest BCUT2D eigenvalue weighted by molar-refractivity contribution is -0.141. The number of para-hydroxylation sites is 1. The number of oxime groups is 1. The zero-order valence-corrected chi connectivity index (χ0v) is 23.6. The van der Waals surface area contributed by atoms with E-state index in [9.17, 15) is 19.2 Å². The number of fused-ring (bicyclic) bond motifs is 1. The molecule has 41 heavy (non-hydrogen) atoms. The van der Waals surface area contributed by atoms with Crippen LogP contribution in [0.25, 0.3) is 16.6 Å². The largest absolute Gasteiger partial charge is 0.481 e. The number of benzene rings is 2. The van der Waals surface area contributed by atoms with E-state index in [1.165, 1.54) is 6.92 Å². The molecule has 0 atom stereocenters. The minimum atomic E-state index is -0.921. The van der Waals surface area contributed by atoms with Gasteiger partial charge < -0.3 is 19.2 Å². The highest BCUT2D eigenvalue weighted by atomic mass is 16.7. The lowest BCUT2D eigenvalue weighted by Crippen LogP contribution is -2.54. The SMILES string of the molecule is CC(=O)O/N=C(\CCCCC(=O)O)C(=O)c1cn(-c2ccc(C(=O)C(C)(C)N3CCOCC3)cc2)c2ccccc12. The Morgan fingerprint density at radius 2 is 1.63 bits per heavy atom. The van der Waals surface area contributed by atoms with Gasteiger partial charge in [0.1, 0.15) is 5.71 Å². The fraction of sp³-hybridized carbons (Fsp3) is 0.387. The van der Waals surface area contributed by atoms with Gasteiger partial charge in [-0.3, -0.25) is 19.3 Å². The Bertz CT molecular complexity index is 1460. The maximum absolute atomic E-state index is 13.6. The number of ketones is 2. The number of unbranched alkanes of at least 4 members (excludes halogenated alkanes) is 1. The van der Waals surface area contributed by atoms with Crippen LogP contribution in [0.15, 0.2) is 59.9 Å². The molecule has 1 N–H and O–H groups in total. The van der Waals surface area contributed by atoms with Crippen molar-refractivity contribution < 1.29 is 33.9 Å². The number of carboxylic acids is 1. The van der Waals surface area contributed by atoms with Gasteiger partial charge in [-0.15, -0.1) is 0 Å². The van der Waals surface area contributed by atoms with Crippen molar-refractivity contribution in [1.29, 1.82) is 0 Å². The van der Waals surface area contributed by atoms with E-state index in [2.05, 4.69) is 10.1 Å². The first-order chi connectivity index (χ1) is 19.6. The van der Waals surface area contributed by atoms with E-state index in [-0.39, 0.29) is 24.3 Å². The lowest BCUT2D eigenvalue weighted by Gasteiger charge is -2.39. The molecule has 0 bridgehead atoms. The fourth-order valence-electron chi connectivity index (χ4n) is 5.01. The Hall–Kier alpha value is -4.15.